The van der Waals surface area contributed by atoms with Crippen LogP contribution in [0.5, 0.6) is 0 Å². The Morgan fingerprint density at radius 3 is 2.58 bits per heavy atom. The van der Waals surface area contributed by atoms with Crippen molar-refractivity contribution in [2.24, 2.45) is 0 Å². The standard InChI is InChI=1S/C24H24FN5O3/c25-19-11-5-1-7-16(19)15-29-24(33)30-20-12-6-4-10-18(20)22(32)28(23(30)27-29)14-13-21(31)26-17-8-2-3-9-17/h1,4-7,10-12,17H,2-3,8-9,13-15H2,(H,26,31). The topological polar surface area (TPSA) is 90.4 Å². The SMILES string of the molecule is O=C(CCn1c(=O)c2ccccc2n2c(=O)n(Cc3ccccc3F)nc12)NC1CCCC1. The highest BCUT2D eigenvalue weighted by Gasteiger charge is 2.20. The molecular weight excluding hydrogens is 425 g/mol. The van der Waals surface area contributed by atoms with Gasteiger partial charge in [-0.15, -0.1) is 5.10 Å². The number of para-hydroxylation sites is 1. The third kappa shape index (κ3) is 3.94. The lowest BCUT2D eigenvalue weighted by atomic mass is 10.2. The first-order chi connectivity index (χ1) is 16.0. The fourth-order valence-electron chi connectivity index (χ4n) is 4.54. The van der Waals surface area contributed by atoms with Crippen molar-refractivity contribution in [3.05, 3.63) is 80.7 Å². The van der Waals surface area contributed by atoms with E-state index >= 15 is 0 Å². The molecule has 0 bridgehead atoms. The number of hydrogen-bond donors (Lipinski definition) is 1. The molecule has 8 nitrogen and oxygen atoms in total. The molecule has 1 saturated carbocycles. The highest BCUT2D eigenvalue weighted by atomic mass is 19.1. The van der Waals surface area contributed by atoms with E-state index in [0.717, 1.165) is 30.4 Å². The Morgan fingerprint density at radius 1 is 1.06 bits per heavy atom. The zero-order chi connectivity index (χ0) is 22.9. The van der Waals surface area contributed by atoms with Crippen molar-refractivity contribution < 1.29 is 9.18 Å². The first-order valence-electron chi connectivity index (χ1n) is 11.2. The molecule has 0 aliphatic heterocycles. The largest absolute Gasteiger partial charge is 0.353 e. The molecule has 0 spiro atoms. The first kappa shape index (κ1) is 21.1. The molecular formula is C24H24FN5O3. The molecule has 2 aromatic carbocycles. The van der Waals surface area contributed by atoms with E-state index in [0.29, 0.717) is 16.5 Å². The molecule has 1 aliphatic rings. The molecule has 0 atom stereocenters. The van der Waals surface area contributed by atoms with Crippen LogP contribution in [0.3, 0.4) is 0 Å². The molecule has 2 aromatic heterocycles. The molecule has 0 radical (unpaired) electrons. The Kier molecular flexibility index (Phi) is 5.53. The Bertz CT molecular complexity index is 1460. The summed E-state index contributed by atoms with van der Waals surface area (Å²) in [7, 11) is 0. The van der Waals surface area contributed by atoms with Crippen LogP contribution in [-0.2, 0) is 17.9 Å². The number of carbonyl (C=O) groups is 1. The second kappa shape index (κ2) is 8.65. The highest BCUT2D eigenvalue weighted by molar-refractivity contribution is 5.80. The van der Waals surface area contributed by atoms with Crippen molar-refractivity contribution >= 4 is 22.6 Å². The van der Waals surface area contributed by atoms with Crippen molar-refractivity contribution in [3.63, 3.8) is 0 Å². The van der Waals surface area contributed by atoms with Gasteiger partial charge in [0.15, 0.2) is 0 Å². The summed E-state index contributed by atoms with van der Waals surface area (Å²) in [5.41, 5.74) is -0.0606. The van der Waals surface area contributed by atoms with Gasteiger partial charge in [0.05, 0.1) is 17.4 Å². The van der Waals surface area contributed by atoms with Crippen LogP contribution in [0.25, 0.3) is 16.7 Å². The van der Waals surface area contributed by atoms with Crippen LogP contribution in [0.1, 0.15) is 37.7 Å². The molecule has 1 aliphatic carbocycles. The van der Waals surface area contributed by atoms with Crippen LogP contribution in [0.2, 0.25) is 0 Å². The van der Waals surface area contributed by atoms with Gasteiger partial charge in [-0.3, -0.25) is 14.2 Å². The minimum absolute atomic E-state index is 0.0716. The van der Waals surface area contributed by atoms with Crippen LogP contribution in [-0.4, -0.2) is 30.7 Å². The van der Waals surface area contributed by atoms with Crippen LogP contribution in [0.4, 0.5) is 4.39 Å². The van der Waals surface area contributed by atoms with Gasteiger partial charge in [0.1, 0.15) is 5.82 Å². The van der Waals surface area contributed by atoms with Crippen molar-refractivity contribution in [1.29, 1.82) is 0 Å². The van der Waals surface area contributed by atoms with Crippen LogP contribution in [0.15, 0.2) is 58.1 Å². The van der Waals surface area contributed by atoms with Gasteiger partial charge in [-0.1, -0.05) is 43.2 Å². The maximum absolute atomic E-state index is 14.2. The third-order valence-corrected chi connectivity index (χ3v) is 6.24. The average Bonchev–Trinajstić information content (AvgIpc) is 3.43. The number of hydrogen-bond acceptors (Lipinski definition) is 4. The van der Waals surface area contributed by atoms with E-state index in [1.54, 1.807) is 42.5 Å². The number of nitrogens with zero attached hydrogens (tertiary/aromatic N) is 4. The number of rotatable bonds is 6. The Labute approximate surface area is 188 Å². The molecule has 2 heterocycles. The molecule has 33 heavy (non-hydrogen) atoms. The Hall–Kier alpha value is -3.75. The smallest absolute Gasteiger partial charge is 0.352 e. The van der Waals surface area contributed by atoms with E-state index < -0.39 is 11.5 Å². The molecule has 4 aromatic rings. The number of halogens is 1. The summed E-state index contributed by atoms with van der Waals surface area (Å²) in [6, 6.07) is 13.1. The predicted octanol–water partition coefficient (Wildman–Crippen LogP) is 2.45. The quantitative estimate of drug-likeness (QED) is 0.490. The van der Waals surface area contributed by atoms with Crippen molar-refractivity contribution in [2.45, 2.75) is 51.2 Å². The molecule has 9 heteroatoms. The van der Waals surface area contributed by atoms with Gasteiger partial charge in [0.25, 0.3) is 5.56 Å². The van der Waals surface area contributed by atoms with Crippen LogP contribution < -0.4 is 16.6 Å². The maximum Gasteiger partial charge on any atom is 0.352 e. The summed E-state index contributed by atoms with van der Waals surface area (Å²) in [5, 5.41) is 7.75. The van der Waals surface area contributed by atoms with Crippen LogP contribution in [0, 0.1) is 5.82 Å². The minimum Gasteiger partial charge on any atom is -0.353 e. The monoisotopic (exact) mass is 449 g/mol. The summed E-state index contributed by atoms with van der Waals surface area (Å²) in [6.45, 7) is 0.0136. The van der Waals surface area contributed by atoms with Gasteiger partial charge in [0, 0.05) is 24.6 Å². The lowest BCUT2D eigenvalue weighted by molar-refractivity contribution is -0.121. The number of benzene rings is 2. The number of aromatic nitrogens is 4. The van der Waals surface area contributed by atoms with Crippen molar-refractivity contribution in [1.82, 2.24) is 24.1 Å². The minimum atomic E-state index is -0.478. The van der Waals surface area contributed by atoms with E-state index in [-0.39, 0.29) is 42.8 Å². The van der Waals surface area contributed by atoms with Gasteiger partial charge in [-0.2, -0.15) is 0 Å². The second-order valence-corrected chi connectivity index (χ2v) is 8.44. The zero-order valence-electron chi connectivity index (χ0n) is 18.0. The molecule has 1 amide bonds. The molecule has 0 saturated heterocycles. The molecule has 5 rings (SSSR count). The lowest BCUT2D eigenvalue weighted by Gasteiger charge is -2.13. The molecule has 0 unspecified atom stereocenters. The van der Waals surface area contributed by atoms with E-state index in [1.165, 1.54) is 15.0 Å². The fourth-order valence-corrected chi connectivity index (χ4v) is 4.54. The van der Waals surface area contributed by atoms with Gasteiger partial charge in [0.2, 0.25) is 11.7 Å². The first-order valence-corrected chi connectivity index (χ1v) is 11.2. The van der Waals surface area contributed by atoms with Gasteiger partial charge < -0.3 is 5.32 Å². The Morgan fingerprint density at radius 2 is 1.79 bits per heavy atom. The van der Waals surface area contributed by atoms with Crippen molar-refractivity contribution in [2.75, 3.05) is 0 Å². The summed E-state index contributed by atoms with van der Waals surface area (Å²) in [6.07, 6.45) is 4.26. The van der Waals surface area contributed by atoms with E-state index in [2.05, 4.69) is 10.4 Å². The molecule has 1 N–H and O–H groups in total. The van der Waals surface area contributed by atoms with Crippen molar-refractivity contribution in [3.8, 4) is 0 Å². The highest BCUT2D eigenvalue weighted by Crippen LogP contribution is 2.18. The fraction of sp³-hybridized carbons (Fsp3) is 0.333. The normalized spacial score (nSPS) is 14.3. The maximum atomic E-state index is 14.2. The number of fused-ring (bicyclic) bond motifs is 3. The van der Waals surface area contributed by atoms with E-state index in [4.69, 9.17) is 0 Å². The average molecular weight is 449 g/mol. The second-order valence-electron chi connectivity index (χ2n) is 8.44. The lowest BCUT2D eigenvalue weighted by Crippen LogP contribution is -2.34. The number of amides is 1. The number of carbonyl (C=O) groups excluding carboxylic acids is 1. The van der Waals surface area contributed by atoms with Gasteiger partial charge in [-0.25, -0.2) is 18.3 Å². The van der Waals surface area contributed by atoms with Crippen LogP contribution >= 0.6 is 0 Å². The number of nitrogens with one attached hydrogen (secondary N) is 1. The third-order valence-electron chi connectivity index (χ3n) is 6.24. The van der Waals surface area contributed by atoms with E-state index in [1.807, 2.05) is 0 Å². The van der Waals surface area contributed by atoms with E-state index in [9.17, 15) is 18.8 Å². The van der Waals surface area contributed by atoms with Gasteiger partial charge >= 0.3 is 5.69 Å². The summed E-state index contributed by atoms with van der Waals surface area (Å²) >= 11 is 0. The number of aryl methyl sites for hydroxylation is 1. The summed E-state index contributed by atoms with van der Waals surface area (Å²) < 4.78 is 18.0. The molecule has 170 valence electrons. The summed E-state index contributed by atoms with van der Waals surface area (Å²) in [4.78, 5) is 38.9. The zero-order valence-corrected chi connectivity index (χ0v) is 18.0. The molecule has 1 fully saturated rings. The Balaban J connectivity index is 1.56. The summed E-state index contributed by atoms with van der Waals surface area (Å²) in [5.74, 6) is -0.436. The van der Waals surface area contributed by atoms with Gasteiger partial charge in [-0.05, 0) is 31.0 Å². The predicted molar refractivity (Wildman–Crippen MR) is 122 cm³/mol.